The Morgan fingerprint density at radius 1 is 1.38 bits per heavy atom. The van der Waals surface area contributed by atoms with Crippen molar-refractivity contribution in [1.82, 2.24) is 14.9 Å². The van der Waals surface area contributed by atoms with Crippen LogP contribution in [-0.2, 0) is 11.3 Å². The molecule has 0 aliphatic heterocycles. The van der Waals surface area contributed by atoms with Crippen LogP contribution in [0.5, 0.6) is 0 Å². The van der Waals surface area contributed by atoms with Gasteiger partial charge in [-0.2, -0.15) is 0 Å². The highest BCUT2D eigenvalue weighted by atomic mass is 16.1. The molecule has 0 fully saturated rings. The normalized spacial score (nSPS) is 10.1. The first-order valence-corrected chi connectivity index (χ1v) is 5.08. The smallest absolute Gasteiger partial charge is 0.239 e. The van der Waals surface area contributed by atoms with Crippen molar-refractivity contribution in [3.63, 3.8) is 0 Å². The average Bonchev–Trinajstić information content (AvgIpc) is 2.78. The quantitative estimate of drug-likeness (QED) is 0.838. The predicted molar refractivity (Wildman–Crippen MR) is 61.7 cm³/mol. The number of nitrogens with zero attached hydrogens (tertiary/aromatic N) is 2. The summed E-state index contributed by atoms with van der Waals surface area (Å²) in [6.45, 7) is 0.292. The fourth-order valence-corrected chi connectivity index (χ4v) is 1.52. The Kier molecular flexibility index (Phi) is 3.00. The summed E-state index contributed by atoms with van der Waals surface area (Å²) in [6.07, 6.45) is 3.50. The fraction of sp³-hybridized carbons (Fsp3) is 0.167. The molecule has 4 nitrogen and oxygen atoms in total. The summed E-state index contributed by atoms with van der Waals surface area (Å²) >= 11 is 0. The van der Waals surface area contributed by atoms with E-state index in [2.05, 4.69) is 10.3 Å². The number of rotatable bonds is 3. The second-order valence-electron chi connectivity index (χ2n) is 3.42. The Balaban J connectivity index is 2.29. The van der Waals surface area contributed by atoms with Crippen molar-refractivity contribution < 1.29 is 4.79 Å². The highest BCUT2D eigenvalue weighted by Crippen LogP contribution is 2.16. The van der Waals surface area contributed by atoms with Crippen molar-refractivity contribution in [3.8, 4) is 11.4 Å². The van der Waals surface area contributed by atoms with E-state index in [1.807, 2.05) is 34.9 Å². The number of hydrogen-bond donors (Lipinski definition) is 1. The van der Waals surface area contributed by atoms with Crippen LogP contribution in [0.15, 0.2) is 42.7 Å². The van der Waals surface area contributed by atoms with Crippen LogP contribution in [-0.4, -0.2) is 22.5 Å². The Morgan fingerprint density at radius 2 is 2.12 bits per heavy atom. The van der Waals surface area contributed by atoms with Gasteiger partial charge in [0, 0.05) is 25.0 Å². The van der Waals surface area contributed by atoms with Gasteiger partial charge in [-0.3, -0.25) is 4.79 Å². The lowest BCUT2D eigenvalue weighted by molar-refractivity contribution is -0.121. The number of likely N-dealkylation sites (N-methyl/N-ethyl adjacent to an activating group) is 1. The van der Waals surface area contributed by atoms with Crippen LogP contribution in [0.3, 0.4) is 0 Å². The number of aromatic nitrogens is 2. The van der Waals surface area contributed by atoms with Gasteiger partial charge in [0.15, 0.2) is 0 Å². The standard InChI is InChI=1S/C12H13N3O/c1-13-11(16)9-15-8-7-14-12(15)10-5-3-2-4-6-10/h2-8H,9H2,1H3,(H,13,16). The van der Waals surface area contributed by atoms with Crippen LogP contribution in [0.1, 0.15) is 0 Å². The van der Waals surface area contributed by atoms with Crippen LogP contribution in [0.25, 0.3) is 11.4 Å². The van der Waals surface area contributed by atoms with Gasteiger partial charge in [0.2, 0.25) is 5.91 Å². The van der Waals surface area contributed by atoms with Gasteiger partial charge in [-0.1, -0.05) is 30.3 Å². The zero-order valence-corrected chi connectivity index (χ0v) is 9.05. The summed E-state index contributed by atoms with van der Waals surface area (Å²) in [5, 5.41) is 2.59. The van der Waals surface area contributed by atoms with Crippen LogP contribution in [0.2, 0.25) is 0 Å². The molecular weight excluding hydrogens is 202 g/mol. The molecule has 0 radical (unpaired) electrons. The molecule has 0 saturated carbocycles. The van der Waals surface area contributed by atoms with E-state index in [1.165, 1.54) is 0 Å². The number of carbonyl (C=O) groups is 1. The van der Waals surface area contributed by atoms with E-state index in [0.717, 1.165) is 11.4 Å². The molecule has 2 aromatic rings. The monoisotopic (exact) mass is 215 g/mol. The van der Waals surface area contributed by atoms with Gasteiger partial charge in [-0.05, 0) is 0 Å². The maximum absolute atomic E-state index is 11.3. The number of nitrogens with one attached hydrogen (secondary N) is 1. The highest BCUT2D eigenvalue weighted by Gasteiger charge is 2.07. The maximum atomic E-state index is 11.3. The largest absolute Gasteiger partial charge is 0.358 e. The molecule has 0 spiro atoms. The Hall–Kier alpha value is -2.10. The first-order valence-electron chi connectivity index (χ1n) is 5.08. The highest BCUT2D eigenvalue weighted by molar-refractivity contribution is 5.76. The van der Waals surface area contributed by atoms with Crippen molar-refractivity contribution in [2.75, 3.05) is 7.05 Å². The van der Waals surface area contributed by atoms with Gasteiger partial charge in [-0.15, -0.1) is 0 Å². The number of imidazole rings is 1. The molecule has 0 atom stereocenters. The van der Waals surface area contributed by atoms with E-state index in [1.54, 1.807) is 19.4 Å². The number of amides is 1. The van der Waals surface area contributed by atoms with Gasteiger partial charge >= 0.3 is 0 Å². The second-order valence-corrected chi connectivity index (χ2v) is 3.42. The van der Waals surface area contributed by atoms with E-state index in [4.69, 9.17) is 0 Å². The summed E-state index contributed by atoms with van der Waals surface area (Å²) in [5.74, 6) is 0.777. The van der Waals surface area contributed by atoms with E-state index < -0.39 is 0 Å². The van der Waals surface area contributed by atoms with Crippen LogP contribution < -0.4 is 5.32 Å². The lowest BCUT2D eigenvalue weighted by Gasteiger charge is -2.06. The summed E-state index contributed by atoms with van der Waals surface area (Å²) in [7, 11) is 1.63. The van der Waals surface area contributed by atoms with Crippen molar-refractivity contribution >= 4 is 5.91 Å². The van der Waals surface area contributed by atoms with Gasteiger partial charge in [0.1, 0.15) is 12.4 Å². The SMILES string of the molecule is CNC(=O)Cn1ccnc1-c1ccccc1. The number of benzene rings is 1. The molecule has 2 rings (SSSR count). The Morgan fingerprint density at radius 3 is 2.81 bits per heavy atom. The zero-order valence-electron chi connectivity index (χ0n) is 9.05. The van der Waals surface area contributed by atoms with Gasteiger partial charge in [0.25, 0.3) is 0 Å². The molecule has 1 heterocycles. The number of hydrogen-bond acceptors (Lipinski definition) is 2. The van der Waals surface area contributed by atoms with Crippen molar-refractivity contribution in [3.05, 3.63) is 42.7 Å². The van der Waals surface area contributed by atoms with Crippen molar-refractivity contribution in [1.29, 1.82) is 0 Å². The zero-order chi connectivity index (χ0) is 11.4. The Labute approximate surface area is 93.9 Å². The van der Waals surface area contributed by atoms with E-state index in [0.29, 0.717) is 6.54 Å². The summed E-state index contributed by atoms with van der Waals surface area (Å²) in [6, 6.07) is 9.81. The van der Waals surface area contributed by atoms with E-state index >= 15 is 0 Å². The van der Waals surface area contributed by atoms with Gasteiger partial charge < -0.3 is 9.88 Å². The first kappa shape index (κ1) is 10.4. The second kappa shape index (κ2) is 4.61. The van der Waals surface area contributed by atoms with Gasteiger partial charge in [0.05, 0.1) is 0 Å². The molecule has 1 aromatic heterocycles. The molecule has 0 aliphatic rings. The minimum absolute atomic E-state index is 0.0322. The molecule has 1 amide bonds. The molecule has 0 bridgehead atoms. The topological polar surface area (TPSA) is 46.9 Å². The van der Waals surface area contributed by atoms with Crippen molar-refractivity contribution in [2.24, 2.45) is 0 Å². The third-order valence-electron chi connectivity index (χ3n) is 2.34. The van der Waals surface area contributed by atoms with Crippen LogP contribution >= 0.6 is 0 Å². The predicted octanol–water partition coefficient (Wildman–Crippen LogP) is 1.30. The van der Waals surface area contributed by atoms with E-state index in [-0.39, 0.29) is 5.91 Å². The minimum atomic E-state index is -0.0322. The van der Waals surface area contributed by atoms with Crippen LogP contribution in [0.4, 0.5) is 0 Å². The average molecular weight is 215 g/mol. The third-order valence-corrected chi connectivity index (χ3v) is 2.34. The molecule has 82 valence electrons. The minimum Gasteiger partial charge on any atom is -0.358 e. The third kappa shape index (κ3) is 2.11. The molecule has 0 unspecified atom stereocenters. The summed E-state index contributed by atoms with van der Waals surface area (Å²) in [4.78, 5) is 15.6. The summed E-state index contributed by atoms with van der Waals surface area (Å²) < 4.78 is 1.83. The molecule has 16 heavy (non-hydrogen) atoms. The lowest BCUT2D eigenvalue weighted by Crippen LogP contribution is -2.23. The van der Waals surface area contributed by atoms with Gasteiger partial charge in [-0.25, -0.2) is 4.98 Å². The summed E-state index contributed by atoms with van der Waals surface area (Å²) in [5.41, 5.74) is 1.01. The molecule has 1 N–H and O–H groups in total. The molecule has 4 heteroatoms. The molecular formula is C12H13N3O. The van der Waals surface area contributed by atoms with E-state index in [9.17, 15) is 4.79 Å². The molecule has 0 saturated heterocycles. The number of carbonyl (C=O) groups excluding carboxylic acids is 1. The first-order chi connectivity index (χ1) is 7.81. The fourth-order valence-electron chi connectivity index (χ4n) is 1.52. The van der Waals surface area contributed by atoms with Crippen molar-refractivity contribution in [2.45, 2.75) is 6.54 Å². The molecule has 1 aromatic carbocycles. The molecule has 0 aliphatic carbocycles. The lowest BCUT2D eigenvalue weighted by atomic mass is 10.2. The van der Waals surface area contributed by atoms with Crippen LogP contribution in [0, 0.1) is 0 Å². The Bertz CT molecular complexity index is 476. The maximum Gasteiger partial charge on any atom is 0.239 e.